The summed E-state index contributed by atoms with van der Waals surface area (Å²) in [6, 6.07) is 11.1. The van der Waals surface area contributed by atoms with Gasteiger partial charge in [-0.3, -0.25) is 19.7 Å². The highest BCUT2D eigenvalue weighted by Gasteiger charge is 2.45. The molecule has 0 saturated carbocycles. The fourth-order valence-electron chi connectivity index (χ4n) is 3.58. The van der Waals surface area contributed by atoms with Crippen LogP contribution in [0.4, 0.5) is 5.69 Å². The zero-order valence-corrected chi connectivity index (χ0v) is 18.4. The van der Waals surface area contributed by atoms with E-state index in [-0.39, 0.29) is 29.5 Å². The molecular formula is C23H23ClN2O6. The molecule has 3 rings (SSSR count). The average Bonchev–Trinajstić information content (AvgIpc) is 3.01. The first kappa shape index (κ1) is 23.4. The van der Waals surface area contributed by atoms with Gasteiger partial charge < -0.3 is 14.7 Å². The van der Waals surface area contributed by atoms with Crippen LogP contribution in [0, 0.1) is 10.1 Å². The van der Waals surface area contributed by atoms with Gasteiger partial charge in [0.2, 0.25) is 0 Å². The number of likely N-dealkylation sites (tertiary alicyclic amines) is 1. The summed E-state index contributed by atoms with van der Waals surface area (Å²) in [6.45, 7) is 4.44. The molecule has 8 nitrogen and oxygen atoms in total. The van der Waals surface area contributed by atoms with Gasteiger partial charge in [0.1, 0.15) is 5.76 Å². The molecule has 0 bridgehead atoms. The predicted molar refractivity (Wildman–Crippen MR) is 119 cm³/mol. The molecule has 0 spiro atoms. The normalized spacial score (nSPS) is 17.9. The molecule has 1 fully saturated rings. The number of nitro groups is 1. The summed E-state index contributed by atoms with van der Waals surface area (Å²) in [4.78, 5) is 37.7. The molecule has 1 aliphatic rings. The third-order valence-electron chi connectivity index (χ3n) is 5.05. The molecular weight excluding hydrogens is 436 g/mol. The molecule has 1 atom stereocenters. The number of rotatable bonds is 8. The number of amides is 1. The topological polar surface area (TPSA) is 110 Å². The van der Waals surface area contributed by atoms with Crippen molar-refractivity contribution in [3.05, 3.63) is 80.4 Å². The molecule has 1 saturated heterocycles. The van der Waals surface area contributed by atoms with E-state index in [4.69, 9.17) is 16.3 Å². The van der Waals surface area contributed by atoms with Gasteiger partial charge in [0.05, 0.1) is 22.6 Å². The molecule has 1 N–H and O–H groups in total. The molecule has 0 aliphatic carbocycles. The maximum atomic E-state index is 12.9. The van der Waals surface area contributed by atoms with Crippen molar-refractivity contribution in [2.45, 2.75) is 32.4 Å². The number of nitro benzene ring substituents is 1. The standard InChI is InChI=1S/C23H23ClN2O6/c1-14(2)32-12-4-11-25-20(15-7-9-17(24)10-8-15)19(22(28)23(25)29)21(27)16-5-3-6-18(13-16)26(30)31/h3,5-10,13-14,20,27H,4,11-12H2,1-2H3/t20-/m0/s1. The van der Waals surface area contributed by atoms with Gasteiger partial charge in [-0.1, -0.05) is 35.9 Å². The Morgan fingerprint density at radius 2 is 1.91 bits per heavy atom. The van der Waals surface area contributed by atoms with Crippen LogP contribution in [0.15, 0.2) is 54.1 Å². The second kappa shape index (κ2) is 9.93. The van der Waals surface area contributed by atoms with Crippen molar-refractivity contribution in [3.8, 4) is 0 Å². The van der Waals surface area contributed by atoms with E-state index in [1.54, 1.807) is 24.3 Å². The molecule has 0 aromatic heterocycles. The highest BCUT2D eigenvalue weighted by molar-refractivity contribution is 6.46. The van der Waals surface area contributed by atoms with Crippen LogP contribution < -0.4 is 0 Å². The summed E-state index contributed by atoms with van der Waals surface area (Å²) in [6.07, 6.45) is 0.526. The van der Waals surface area contributed by atoms with Gasteiger partial charge in [0, 0.05) is 35.9 Å². The van der Waals surface area contributed by atoms with Gasteiger partial charge in [-0.05, 0) is 38.0 Å². The van der Waals surface area contributed by atoms with E-state index in [0.717, 1.165) is 6.07 Å². The Hall–Kier alpha value is -3.23. The van der Waals surface area contributed by atoms with Gasteiger partial charge in [0.25, 0.3) is 17.4 Å². The van der Waals surface area contributed by atoms with Crippen LogP contribution in [0.25, 0.3) is 5.76 Å². The van der Waals surface area contributed by atoms with Crippen molar-refractivity contribution in [2.24, 2.45) is 0 Å². The van der Waals surface area contributed by atoms with E-state index < -0.39 is 28.4 Å². The lowest BCUT2D eigenvalue weighted by atomic mass is 9.95. The first-order valence-electron chi connectivity index (χ1n) is 10.1. The van der Waals surface area contributed by atoms with Gasteiger partial charge >= 0.3 is 0 Å². The van der Waals surface area contributed by atoms with Crippen molar-refractivity contribution >= 4 is 34.7 Å². The monoisotopic (exact) mass is 458 g/mol. The number of nitrogens with zero attached hydrogens (tertiary/aromatic N) is 2. The SMILES string of the molecule is CC(C)OCCCN1C(=O)C(=O)C(=C(O)c2cccc([N+](=O)[O-])c2)[C@@H]1c1ccc(Cl)cc1. The number of ether oxygens (including phenoxy) is 1. The summed E-state index contributed by atoms with van der Waals surface area (Å²) in [5.74, 6) is -2.06. The first-order valence-corrected chi connectivity index (χ1v) is 10.5. The summed E-state index contributed by atoms with van der Waals surface area (Å²) in [5, 5.41) is 22.6. The maximum absolute atomic E-state index is 12.9. The highest BCUT2D eigenvalue weighted by Crippen LogP contribution is 2.40. The largest absolute Gasteiger partial charge is 0.507 e. The van der Waals surface area contributed by atoms with E-state index in [9.17, 15) is 24.8 Å². The summed E-state index contributed by atoms with van der Waals surface area (Å²) >= 11 is 6.00. The molecule has 0 unspecified atom stereocenters. The summed E-state index contributed by atoms with van der Waals surface area (Å²) < 4.78 is 5.53. The Kier molecular flexibility index (Phi) is 7.27. The van der Waals surface area contributed by atoms with E-state index in [1.807, 2.05) is 13.8 Å². The molecule has 2 aromatic carbocycles. The molecule has 2 aromatic rings. The zero-order valence-electron chi connectivity index (χ0n) is 17.7. The van der Waals surface area contributed by atoms with Crippen LogP contribution in [0.3, 0.4) is 0 Å². The number of aliphatic hydroxyl groups excluding tert-OH is 1. The second-order valence-corrected chi connectivity index (χ2v) is 8.06. The minimum absolute atomic E-state index is 0.0337. The lowest BCUT2D eigenvalue weighted by Crippen LogP contribution is -2.31. The fourth-order valence-corrected chi connectivity index (χ4v) is 3.70. The number of carbonyl (C=O) groups excluding carboxylic acids is 2. The number of benzene rings is 2. The molecule has 9 heteroatoms. The van der Waals surface area contributed by atoms with Crippen molar-refractivity contribution in [2.75, 3.05) is 13.2 Å². The first-order chi connectivity index (χ1) is 15.2. The molecule has 1 aliphatic heterocycles. The number of ketones is 1. The zero-order chi connectivity index (χ0) is 23.4. The van der Waals surface area contributed by atoms with Crippen LogP contribution in [0.2, 0.25) is 5.02 Å². The van der Waals surface area contributed by atoms with E-state index in [1.165, 1.54) is 23.1 Å². The quantitative estimate of drug-likeness (QED) is 0.156. The Morgan fingerprint density at radius 1 is 1.22 bits per heavy atom. The average molecular weight is 459 g/mol. The van der Waals surface area contributed by atoms with Crippen LogP contribution in [-0.2, 0) is 14.3 Å². The van der Waals surface area contributed by atoms with E-state index in [2.05, 4.69) is 0 Å². The third-order valence-corrected chi connectivity index (χ3v) is 5.30. The lowest BCUT2D eigenvalue weighted by Gasteiger charge is -2.25. The van der Waals surface area contributed by atoms with Gasteiger partial charge in [-0.2, -0.15) is 0 Å². The maximum Gasteiger partial charge on any atom is 0.295 e. The van der Waals surface area contributed by atoms with Gasteiger partial charge in [-0.15, -0.1) is 0 Å². The Labute approximate surface area is 190 Å². The van der Waals surface area contributed by atoms with E-state index >= 15 is 0 Å². The van der Waals surface area contributed by atoms with Crippen LogP contribution in [-0.4, -0.2) is 45.9 Å². The van der Waals surface area contributed by atoms with Crippen molar-refractivity contribution in [1.29, 1.82) is 0 Å². The number of non-ortho nitro benzene ring substituents is 1. The van der Waals surface area contributed by atoms with Crippen LogP contribution >= 0.6 is 11.6 Å². The predicted octanol–water partition coefficient (Wildman–Crippen LogP) is 4.49. The smallest absolute Gasteiger partial charge is 0.295 e. The number of halogens is 1. The minimum atomic E-state index is -0.856. The van der Waals surface area contributed by atoms with Crippen LogP contribution in [0.1, 0.15) is 37.4 Å². The lowest BCUT2D eigenvalue weighted by molar-refractivity contribution is -0.384. The highest BCUT2D eigenvalue weighted by atomic mass is 35.5. The number of Topliss-reactive ketones (excluding diaryl/α,β-unsaturated/α-hetero) is 1. The molecule has 1 heterocycles. The summed E-state index contributed by atoms with van der Waals surface area (Å²) in [7, 11) is 0. The molecule has 0 radical (unpaired) electrons. The fraction of sp³-hybridized carbons (Fsp3) is 0.304. The van der Waals surface area contributed by atoms with Crippen LogP contribution in [0.5, 0.6) is 0 Å². The summed E-state index contributed by atoms with van der Waals surface area (Å²) in [5.41, 5.74) is 0.310. The Bertz CT molecular complexity index is 1060. The van der Waals surface area contributed by atoms with Gasteiger partial charge in [0.15, 0.2) is 0 Å². The molecule has 1 amide bonds. The Morgan fingerprint density at radius 3 is 2.53 bits per heavy atom. The minimum Gasteiger partial charge on any atom is -0.507 e. The number of aliphatic hydroxyl groups is 1. The van der Waals surface area contributed by atoms with Crippen molar-refractivity contribution in [1.82, 2.24) is 4.90 Å². The third kappa shape index (κ3) is 4.98. The number of carbonyl (C=O) groups is 2. The van der Waals surface area contributed by atoms with E-state index in [0.29, 0.717) is 23.6 Å². The molecule has 168 valence electrons. The van der Waals surface area contributed by atoms with Crippen molar-refractivity contribution < 1.29 is 24.4 Å². The number of hydrogen-bond donors (Lipinski definition) is 1. The Balaban J connectivity index is 2.06. The number of hydrogen-bond acceptors (Lipinski definition) is 6. The van der Waals surface area contributed by atoms with Gasteiger partial charge in [-0.25, -0.2) is 0 Å². The second-order valence-electron chi connectivity index (χ2n) is 7.62. The molecule has 32 heavy (non-hydrogen) atoms. The van der Waals surface area contributed by atoms with Crippen molar-refractivity contribution in [3.63, 3.8) is 0 Å².